The fourth-order valence-corrected chi connectivity index (χ4v) is 5.85. The van der Waals surface area contributed by atoms with Crippen LogP contribution in [0.3, 0.4) is 0 Å². The van der Waals surface area contributed by atoms with Gasteiger partial charge in [0.25, 0.3) is 0 Å². The second-order valence-electron chi connectivity index (χ2n) is 9.13. The lowest BCUT2D eigenvalue weighted by Gasteiger charge is -2.55. The highest BCUT2D eigenvalue weighted by atomic mass is 16.5. The molecular formula is C22H29NO3. The van der Waals surface area contributed by atoms with Crippen LogP contribution in [0.25, 0.3) is 0 Å². The summed E-state index contributed by atoms with van der Waals surface area (Å²) < 4.78 is 5.50. The van der Waals surface area contributed by atoms with Crippen LogP contribution in [0.2, 0.25) is 0 Å². The minimum atomic E-state index is -0.601. The summed E-state index contributed by atoms with van der Waals surface area (Å²) in [5.74, 6) is 2.35. The van der Waals surface area contributed by atoms with Gasteiger partial charge in [0.05, 0.1) is 0 Å². The normalized spacial score (nSPS) is 33.1. The van der Waals surface area contributed by atoms with Gasteiger partial charge in [0.2, 0.25) is 5.91 Å². The van der Waals surface area contributed by atoms with E-state index in [1.54, 1.807) is 12.1 Å². The zero-order valence-electron chi connectivity index (χ0n) is 15.7. The molecule has 5 rings (SSSR count). The number of nitrogens with one attached hydrogen (secondary N) is 1. The molecular weight excluding hydrogens is 326 g/mol. The van der Waals surface area contributed by atoms with Gasteiger partial charge in [0.15, 0.2) is 0 Å². The number of amides is 1. The van der Waals surface area contributed by atoms with Crippen molar-refractivity contribution in [2.75, 3.05) is 0 Å². The van der Waals surface area contributed by atoms with Gasteiger partial charge in [-0.3, -0.25) is 4.79 Å². The van der Waals surface area contributed by atoms with E-state index in [1.165, 1.54) is 19.3 Å². The second-order valence-corrected chi connectivity index (χ2v) is 9.13. The Bertz CT molecular complexity index is 647. The fourth-order valence-electron chi connectivity index (χ4n) is 5.85. The molecule has 140 valence electrons. The minimum absolute atomic E-state index is 0.0101. The van der Waals surface area contributed by atoms with Gasteiger partial charge in [-0.1, -0.05) is 32.0 Å². The highest BCUT2D eigenvalue weighted by Gasteiger charge is 2.55. The molecule has 4 bridgehead atoms. The van der Waals surface area contributed by atoms with Crippen molar-refractivity contribution in [3.8, 4) is 5.75 Å². The first-order valence-corrected chi connectivity index (χ1v) is 10.0. The molecule has 4 fully saturated rings. The Labute approximate surface area is 155 Å². The van der Waals surface area contributed by atoms with E-state index in [4.69, 9.17) is 4.74 Å². The average Bonchev–Trinajstić information content (AvgIpc) is 2.58. The van der Waals surface area contributed by atoms with E-state index in [0.717, 1.165) is 19.3 Å². The van der Waals surface area contributed by atoms with Crippen molar-refractivity contribution in [1.29, 1.82) is 0 Å². The van der Waals surface area contributed by atoms with Gasteiger partial charge < -0.3 is 10.1 Å². The summed E-state index contributed by atoms with van der Waals surface area (Å²) in [6, 6.07) is 8.47. The van der Waals surface area contributed by atoms with Crippen molar-refractivity contribution >= 4 is 11.9 Å². The van der Waals surface area contributed by atoms with E-state index in [9.17, 15) is 9.59 Å². The van der Waals surface area contributed by atoms with Crippen LogP contribution in [0.1, 0.15) is 52.4 Å². The molecule has 0 spiro atoms. The molecule has 0 heterocycles. The number of carbonyl (C=O) groups excluding carboxylic acids is 2. The molecule has 0 radical (unpaired) electrons. The third-order valence-corrected chi connectivity index (χ3v) is 6.69. The lowest BCUT2D eigenvalue weighted by molar-refractivity contribution is -0.151. The number of ether oxygens (including phenoxy) is 1. The van der Waals surface area contributed by atoms with Crippen molar-refractivity contribution < 1.29 is 14.3 Å². The van der Waals surface area contributed by atoms with Gasteiger partial charge in [-0.25, -0.2) is 4.79 Å². The van der Waals surface area contributed by atoms with E-state index in [2.05, 4.69) is 5.32 Å². The van der Waals surface area contributed by atoms with Crippen molar-refractivity contribution in [1.82, 2.24) is 5.32 Å². The number of para-hydroxylation sites is 1. The molecule has 1 aromatic rings. The predicted molar refractivity (Wildman–Crippen MR) is 99.5 cm³/mol. The number of carbonyl (C=O) groups is 2. The number of benzene rings is 1. The third kappa shape index (κ3) is 3.26. The zero-order valence-corrected chi connectivity index (χ0v) is 15.7. The van der Waals surface area contributed by atoms with E-state index in [0.29, 0.717) is 23.5 Å². The van der Waals surface area contributed by atoms with Crippen molar-refractivity contribution in [2.45, 2.75) is 58.4 Å². The van der Waals surface area contributed by atoms with Crippen molar-refractivity contribution in [3.05, 3.63) is 30.3 Å². The molecule has 4 saturated carbocycles. The van der Waals surface area contributed by atoms with Gasteiger partial charge in [-0.2, -0.15) is 0 Å². The van der Waals surface area contributed by atoms with Gasteiger partial charge >= 0.3 is 5.97 Å². The van der Waals surface area contributed by atoms with Crippen molar-refractivity contribution in [3.63, 3.8) is 0 Å². The van der Waals surface area contributed by atoms with Crippen LogP contribution in [0, 0.1) is 29.1 Å². The number of esters is 1. The molecule has 4 aliphatic carbocycles. The molecule has 1 amide bonds. The third-order valence-electron chi connectivity index (χ3n) is 6.69. The largest absolute Gasteiger partial charge is 0.425 e. The molecule has 0 aromatic heterocycles. The van der Waals surface area contributed by atoms with Gasteiger partial charge in [-0.05, 0) is 74.3 Å². The Hall–Kier alpha value is -1.84. The van der Waals surface area contributed by atoms with Crippen LogP contribution in [0.4, 0.5) is 0 Å². The van der Waals surface area contributed by atoms with Gasteiger partial charge in [-0.15, -0.1) is 0 Å². The predicted octanol–water partition coefficient (Wildman–Crippen LogP) is 3.95. The molecule has 0 aliphatic heterocycles. The summed E-state index contributed by atoms with van der Waals surface area (Å²) in [5.41, 5.74) is -0.241. The molecule has 1 atom stereocenters. The van der Waals surface area contributed by atoms with Gasteiger partial charge in [0, 0.05) is 5.41 Å². The maximum Gasteiger partial charge on any atom is 0.334 e. The summed E-state index contributed by atoms with van der Waals surface area (Å²) in [6.07, 6.45) is 6.92. The first kappa shape index (κ1) is 17.6. The molecule has 26 heavy (non-hydrogen) atoms. The van der Waals surface area contributed by atoms with E-state index in [-0.39, 0.29) is 23.2 Å². The van der Waals surface area contributed by atoms with E-state index in [1.807, 2.05) is 32.0 Å². The van der Waals surface area contributed by atoms with Crippen molar-refractivity contribution in [2.24, 2.45) is 29.1 Å². The topological polar surface area (TPSA) is 55.4 Å². The van der Waals surface area contributed by atoms with E-state index < -0.39 is 6.04 Å². The second kappa shape index (κ2) is 6.71. The Morgan fingerprint density at radius 3 is 2.04 bits per heavy atom. The lowest BCUT2D eigenvalue weighted by Crippen LogP contribution is -2.57. The Kier molecular flexibility index (Phi) is 4.54. The molecule has 4 heteroatoms. The summed E-state index contributed by atoms with van der Waals surface area (Å²) in [5, 5.41) is 3.08. The van der Waals surface area contributed by atoms with Crippen LogP contribution in [0.5, 0.6) is 5.75 Å². The molecule has 4 nitrogen and oxygen atoms in total. The maximum atomic E-state index is 13.2. The molecule has 0 unspecified atom stereocenters. The minimum Gasteiger partial charge on any atom is -0.425 e. The molecule has 4 aliphatic rings. The first-order chi connectivity index (χ1) is 12.4. The monoisotopic (exact) mass is 355 g/mol. The van der Waals surface area contributed by atoms with Crippen LogP contribution in [0.15, 0.2) is 30.3 Å². The van der Waals surface area contributed by atoms with Gasteiger partial charge in [0.1, 0.15) is 11.8 Å². The Morgan fingerprint density at radius 2 is 1.54 bits per heavy atom. The zero-order chi connectivity index (χ0) is 18.3. The summed E-state index contributed by atoms with van der Waals surface area (Å²) in [7, 11) is 0. The van der Waals surface area contributed by atoms with E-state index >= 15 is 0 Å². The first-order valence-electron chi connectivity index (χ1n) is 10.0. The Morgan fingerprint density at radius 1 is 1.00 bits per heavy atom. The highest BCUT2D eigenvalue weighted by Crippen LogP contribution is 2.60. The standard InChI is InChI=1S/C22H29NO3/c1-14(2)19(20(24)26-18-6-4-3-5-7-18)23-21(25)22-11-15-8-16(12-22)10-17(9-15)13-22/h3-7,14-17,19H,8-13H2,1-2H3,(H,23,25)/t15?,16?,17?,19-,22?/m0/s1. The summed E-state index contributed by atoms with van der Waals surface area (Å²) >= 11 is 0. The summed E-state index contributed by atoms with van der Waals surface area (Å²) in [6.45, 7) is 3.91. The molecule has 1 aromatic carbocycles. The molecule has 0 saturated heterocycles. The fraction of sp³-hybridized carbons (Fsp3) is 0.636. The SMILES string of the molecule is CC(C)[C@H](NC(=O)C12CC3CC(CC(C3)C1)C2)C(=O)Oc1ccccc1. The average molecular weight is 355 g/mol. The highest BCUT2D eigenvalue weighted by molar-refractivity contribution is 5.89. The number of rotatable bonds is 5. The molecule has 1 N–H and O–H groups in total. The maximum absolute atomic E-state index is 13.2. The Balaban J connectivity index is 1.46. The summed E-state index contributed by atoms with van der Waals surface area (Å²) in [4.78, 5) is 25.9. The van der Waals surface area contributed by atoms with Crippen LogP contribution < -0.4 is 10.1 Å². The number of hydrogen-bond donors (Lipinski definition) is 1. The van der Waals surface area contributed by atoms with Crippen LogP contribution in [-0.4, -0.2) is 17.9 Å². The lowest BCUT2D eigenvalue weighted by atomic mass is 9.49. The quantitative estimate of drug-likeness (QED) is 0.643. The smallest absolute Gasteiger partial charge is 0.334 e. The van der Waals surface area contributed by atoms with Crippen LogP contribution >= 0.6 is 0 Å². The van der Waals surface area contributed by atoms with Crippen LogP contribution in [-0.2, 0) is 9.59 Å². The number of hydrogen-bond acceptors (Lipinski definition) is 3.